The van der Waals surface area contributed by atoms with Gasteiger partial charge < -0.3 is 10.7 Å². The standard InChI is InChI=1S/C21H17ClF2N8/c1-11-17(22)19(20(23)24)32(29-11)16-9-15(26)28-21-14(7-8-27-16)18(30-31(21)2)13-5-3-12(10-25)4-6-13/h3-9,20,28H,26H2,1-2H3. The molecule has 0 saturated heterocycles. The van der Waals surface area contributed by atoms with Crippen molar-refractivity contribution in [1.82, 2.24) is 29.5 Å². The number of alkyl halides is 2. The molecule has 0 aliphatic heterocycles. The van der Waals surface area contributed by atoms with Crippen molar-refractivity contribution in [3.05, 3.63) is 64.6 Å². The number of nitrogens with one attached hydrogen (secondary N) is 1. The van der Waals surface area contributed by atoms with Gasteiger partial charge in [-0.2, -0.15) is 15.5 Å². The molecule has 0 fully saturated rings. The Balaban J connectivity index is 1.95. The molecule has 1 aromatic carbocycles. The van der Waals surface area contributed by atoms with E-state index in [1.54, 1.807) is 42.1 Å². The Bertz CT molecular complexity index is 1410. The van der Waals surface area contributed by atoms with Crippen LogP contribution in [0.4, 0.5) is 14.6 Å². The van der Waals surface area contributed by atoms with E-state index in [2.05, 4.69) is 26.2 Å². The van der Waals surface area contributed by atoms with Gasteiger partial charge in [-0.25, -0.2) is 18.4 Å². The summed E-state index contributed by atoms with van der Waals surface area (Å²) in [4.78, 5) is 7.35. The van der Waals surface area contributed by atoms with Crippen LogP contribution in [-0.4, -0.2) is 29.5 Å². The number of hydrogen-bond donors (Lipinski definition) is 2. The molecule has 0 saturated carbocycles. The van der Waals surface area contributed by atoms with E-state index in [-0.39, 0.29) is 22.4 Å². The maximum atomic E-state index is 13.6. The lowest BCUT2D eigenvalue weighted by Gasteiger charge is -2.05. The smallest absolute Gasteiger partial charge is 0.282 e. The molecular weight excluding hydrogens is 438 g/mol. The maximum Gasteiger partial charge on any atom is 0.282 e. The molecule has 0 unspecified atom stereocenters. The van der Waals surface area contributed by atoms with Crippen molar-refractivity contribution < 1.29 is 8.78 Å². The summed E-state index contributed by atoms with van der Waals surface area (Å²) in [6.45, 7) is 1.53. The summed E-state index contributed by atoms with van der Waals surface area (Å²) in [6, 6.07) is 12.1. The Labute approximate surface area is 186 Å². The van der Waals surface area contributed by atoms with Crippen LogP contribution in [-0.2, 0) is 7.05 Å². The van der Waals surface area contributed by atoms with Crippen LogP contribution in [0.5, 0.6) is 0 Å². The van der Waals surface area contributed by atoms with Gasteiger partial charge in [-0.05, 0) is 25.1 Å². The number of fused-ring (bicyclic) bond motifs is 1. The second-order valence-electron chi connectivity index (χ2n) is 6.95. The number of H-pyrrole nitrogens is 1. The molecule has 11 heteroatoms. The number of nitriles is 1. The van der Waals surface area contributed by atoms with Crippen LogP contribution in [0.2, 0.25) is 5.02 Å². The van der Waals surface area contributed by atoms with Crippen molar-refractivity contribution in [2.75, 3.05) is 5.73 Å². The lowest BCUT2D eigenvalue weighted by Crippen LogP contribution is -2.05. The highest BCUT2D eigenvalue weighted by molar-refractivity contribution is 6.31. The van der Waals surface area contributed by atoms with E-state index in [0.29, 0.717) is 22.3 Å². The lowest BCUT2D eigenvalue weighted by atomic mass is 10.1. The predicted octanol–water partition coefficient (Wildman–Crippen LogP) is 4.63. The van der Waals surface area contributed by atoms with Crippen molar-refractivity contribution >= 4 is 28.5 Å². The first kappa shape index (κ1) is 21.3. The summed E-state index contributed by atoms with van der Waals surface area (Å²) >= 11 is 6.02. The normalized spacial score (nSPS) is 11.0. The van der Waals surface area contributed by atoms with Crippen LogP contribution in [0.15, 0.2) is 42.6 Å². The molecular formula is C21H17ClF2N8. The van der Waals surface area contributed by atoms with Crippen LogP contribution in [0.3, 0.4) is 0 Å². The molecule has 0 radical (unpaired) electrons. The summed E-state index contributed by atoms with van der Waals surface area (Å²) in [5.41, 5.74) is 8.46. The van der Waals surface area contributed by atoms with E-state index >= 15 is 0 Å². The molecule has 0 amide bonds. The second-order valence-corrected chi connectivity index (χ2v) is 7.33. The zero-order chi connectivity index (χ0) is 23.0. The van der Waals surface area contributed by atoms with Crippen molar-refractivity contribution in [2.24, 2.45) is 7.05 Å². The average molecular weight is 455 g/mol. The first-order valence-corrected chi connectivity index (χ1v) is 9.77. The van der Waals surface area contributed by atoms with E-state index in [1.807, 2.05) is 0 Å². The minimum absolute atomic E-state index is 0.0669. The number of nitrogens with two attached hydrogens (primary N) is 1. The van der Waals surface area contributed by atoms with Crippen LogP contribution in [0, 0.1) is 18.3 Å². The van der Waals surface area contributed by atoms with Gasteiger partial charge in [0.05, 0.1) is 22.3 Å². The first-order valence-electron chi connectivity index (χ1n) is 9.39. The highest BCUT2D eigenvalue weighted by atomic mass is 35.5. The maximum absolute atomic E-state index is 13.6. The van der Waals surface area contributed by atoms with Gasteiger partial charge >= 0.3 is 0 Å². The van der Waals surface area contributed by atoms with Gasteiger partial charge in [-0.15, -0.1) is 0 Å². The van der Waals surface area contributed by atoms with Crippen molar-refractivity contribution in [2.45, 2.75) is 13.3 Å². The topological polar surface area (TPSA) is 114 Å². The van der Waals surface area contributed by atoms with Gasteiger partial charge in [-0.3, -0.25) is 4.68 Å². The van der Waals surface area contributed by atoms with Crippen molar-refractivity contribution in [1.29, 1.82) is 5.26 Å². The minimum Gasteiger partial charge on any atom is -0.385 e. The van der Waals surface area contributed by atoms with Crippen LogP contribution in [0.1, 0.15) is 23.4 Å². The molecule has 0 bridgehead atoms. The SMILES string of the molecule is Cc1nn(-c2cc(N)[nH]c3c(ccn2)c(-c2ccc(C#N)cc2)nn3C)c(C(F)F)c1Cl. The van der Waals surface area contributed by atoms with E-state index in [4.69, 9.17) is 22.6 Å². The largest absolute Gasteiger partial charge is 0.385 e. The molecule has 4 aromatic rings. The lowest BCUT2D eigenvalue weighted by molar-refractivity contribution is 0.142. The predicted molar refractivity (Wildman–Crippen MR) is 117 cm³/mol. The summed E-state index contributed by atoms with van der Waals surface area (Å²) < 4.78 is 29.8. The summed E-state index contributed by atoms with van der Waals surface area (Å²) in [5, 5.41) is 18.2. The average Bonchev–Trinajstić information content (AvgIpc) is 3.25. The summed E-state index contributed by atoms with van der Waals surface area (Å²) in [5.74, 6) is 0.213. The second kappa shape index (κ2) is 8.28. The molecule has 0 spiro atoms. The molecule has 32 heavy (non-hydrogen) atoms. The third-order valence-electron chi connectivity index (χ3n) is 4.81. The van der Waals surface area contributed by atoms with E-state index in [9.17, 15) is 8.78 Å². The summed E-state index contributed by atoms with van der Waals surface area (Å²) in [7, 11) is 1.74. The Morgan fingerprint density at radius 3 is 2.56 bits per heavy atom. The van der Waals surface area contributed by atoms with Crippen molar-refractivity contribution in [3.8, 4) is 23.1 Å². The quantitative estimate of drug-likeness (QED) is 0.468. The highest BCUT2D eigenvalue weighted by Gasteiger charge is 2.23. The number of anilines is 1. The Morgan fingerprint density at radius 2 is 1.91 bits per heavy atom. The van der Waals surface area contributed by atoms with Gasteiger partial charge in [0.2, 0.25) is 0 Å². The fourth-order valence-electron chi connectivity index (χ4n) is 3.30. The summed E-state index contributed by atoms with van der Waals surface area (Å²) in [6.07, 6.45) is -1.39. The molecule has 0 atom stereocenters. The third-order valence-corrected chi connectivity index (χ3v) is 5.28. The van der Waals surface area contributed by atoms with E-state index < -0.39 is 12.1 Å². The molecule has 0 aliphatic carbocycles. The zero-order valence-corrected chi connectivity index (χ0v) is 17.8. The molecule has 4 rings (SSSR count). The van der Waals surface area contributed by atoms with Gasteiger partial charge in [-0.1, -0.05) is 23.7 Å². The number of benzene rings is 1. The number of hydrogen-bond acceptors (Lipinski definition) is 5. The Kier molecular flexibility index (Phi) is 5.50. The number of aromatic amines is 1. The molecule has 3 N–H and O–H groups in total. The van der Waals surface area contributed by atoms with Crippen LogP contribution < -0.4 is 5.73 Å². The van der Waals surface area contributed by atoms with Gasteiger partial charge in [0.1, 0.15) is 22.9 Å². The number of nitrogen functional groups attached to an aromatic ring is 1. The van der Waals surface area contributed by atoms with E-state index in [1.165, 1.54) is 19.2 Å². The Hall–Kier alpha value is -3.97. The molecule has 162 valence electrons. The third kappa shape index (κ3) is 3.74. The number of halogens is 3. The van der Waals surface area contributed by atoms with Gasteiger partial charge in [0.15, 0.2) is 5.82 Å². The number of aryl methyl sites for hydroxylation is 2. The fraction of sp³-hybridized carbons (Fsp3) is 0.143. The van der Waals surface area contributed by atoms with Gasteiger partial charge in [0, 0.05) is 30.3 Å². The zero-order valence-electron chi connectivity index (χ0n) is 17.0. The molecule has 3 aromatic heterocycles. The van der Waals surface area contributed by atoms with Crippen LogP contribution in [0.25, 0.3) is 28.1 Å². The van der Waals surface area contributed by atoms with Crippen LogP contribution >= 0.6 is 11.6 Å². The van der Waals surface area contributed by atoms with Gasteiger partial charge in [0.25, 0.3) is 6.43 Å². The van der Waals surface area contributed by atoms with Crippen molar-refractivity contribution in [3.63, 3.8) is 0 Å². The molecule has 3 heterocycles. The number of nitrogens with zero attached hydrogens (tertiary/aromatic N) is 6. The molecule has 0 aliphatic rings. The fourth-order valence-corrected chi connectivity index (χ4v) is 3.50. The minimum atomic E-state index is -2.85. The highest BCUT2D eigenvalue weighted by Crippen LogP contribution is 2.31. The first-order chi connectivity index (χ1) is 15.3. The van der Waals surface area contributed by atoms with E-state index in [0.717, 1.165) is 10.2 Å². The monoisotopic (exact) mass is 454 g/mol. The Morgan fingerprint density at radius 1 is 1.19 bits per heavy atom. The number of aromatic nitrogens is 6. The number of rotatable bonds is 3. The molecule has 8 nitrogen and oxygen atoms in total.